The minimum Gasteiger partial charge on any atom is -0.444 e. The molecule has 2 rings (SSSR count). The van der Waals surface area contributed by atoms with Gasteiger partial charge in [0.1, 0.15) is 11.4 Å². The molecule has 1 heterocycles. The summed E-state index contributed by atoms with van der Waals surface area (Å²) in [7, 11) is 0. The summed E-state index contributed by atoms with van der Waals surface area (Å²) in [4.78, 5) is 36.6. The molecule has 1 aliphatic carbocycles. The van der Waals surface area contributed by atoms with Crippen molar-refractivity contribution in [2.45, 2.75) is 39.7 Å². The first-order valence-electron chi connectivity index (χ1n) is 6.90. The van der Waals surface area contributed by atoms with E-state index in [4.69, 9.17) is 4.74 Å². The number of ether oxygens (including phenoxy) is 1. The number of nitrogens with one attached hydrogen (secondary N) is 1. The fourth-order valence-electron chi connectivity index (χ4n) is 2.68. The summed E-state index contributed by atoms with van der Waals surface area (Å²) < 4.78 is 5.31. The second-order valence-corrected chi connectivity index (χ2v) is 6.80. The monoisotopic (exact) mass is 282 g/mol. The van der Waals surface area contributed by atoms with Gasteiger partial charge in [-0.2, -0.15) is 0 Å². The number of hydrogen-bond acceptors (Lipinski definition) is 4. The average Bonchev–Trinajstić information content (AvgIpc) is 2.87. The maximum atomic E-state index is 12.1. The van der Waals surface area contributed by atoms with Crippen molar-refractivity contribution in [2.75, 3.05) is 19.6 Å². The standard InChI is InChI=1S/C14H22N2O4/c1-9(17)6-15-11(18)14-5-10(14)7-16(8-14)12(19)20-13(2,3)4/h10H,5-8H2,1-4H3,(H,15,18). The summed E-state index contributed by atoms with van der Waals surface area (Å²) >= 11 is 0. The minimum atomic E-state index is -0.534. The summed E-state index contributed by atoms with van der Waals surface area (Å²) in [5.41, 5.74) is -1.03. The van der Waals surface area contributed by atoms with Crippen LogP contribution in [0.15, 0.2) is 0 Å². The Morgan fingerprint density at radius 2 is 2.00 bits per heavy atom. The van der Waals surface area contributed by atoms with E-state index in [9.17, 15) is 14.4 Å². The van der Waals surface area contributed by atoms with Gasteiger partial charge >= 0.3 is 6.09 Å². The third-order valence-corrected chi connectivity index (χ3v) is 3.75. The molecule has 112 valence electrons. The van der Waals surface area contributed by atoms with Crippen LogP contribution in [-0.4, -0.2) is 47.9 Å². The molecule has 20 heavy (non-hydrogen) atoms. The molecule has 0 aromatic rings. The number of carbonyl (C=O) groups excluding carboxylic acids is 3. The van der Waals surface area contributed by atoms with Crippen LogP contribution in [0, 0.1) is 11.3 Å². The van der Waals surface area contributed by atoms with Crippen molar-refractivity contribution < 1.29 is 19.1 Å². The van der Waals surface area contributed by atoms with Crippen LogP contribution in [0.2, 0.25) is 0 Å². The molecule has 2 aliphatic rings. The molecule has 6 nitrogen and oxygen atoms in total. The highest BCUT2D eigenvalue weighted by atomic mass is 16.6. The lowest BCUT2D eigenvalue weighted by Crippen LogP contribution is -2.41. The van der Waals surface area contributed by atoms with Crippen LogP contribution in [0.1, 0.15) is 34.1 Å². The van der Waals surface area contributed by atoms with E-state index in [1.54, 1.807) is 4.90 Å². The smallest absolute Gasteiger partial charge is 0.410 e. The number of nitrogens with zero attached hydrogens (tertiary/aromatic N) is 1. The fraction of sp³-hybridized carbons (Fsp3) is 0.786. The largest absolute Gasteiger partial charge is 0.444 e. The molecule has 0 aromatic heterocycles. The zero-order chi connectivity index (χ0) is 15.1. The first-order chi connectivity index (χ1) is 9.14. The quantitative estimate of drug-likeness (QED) is 0.836. The van der Waals surface area contributed by atoms with Crippen LogP contribution < -0.4 is 5.32 Å². The van der Waals surface area contributed by atoms with Crippen molar-refractivity contribution in [1.82, 2.24) is 10.2 Å². The van der Waals surface area contributed by atoms with E-state index in [2.05, 4.69) is 5.32 Å². The molecular weight excluding hydrogens is 260 g/mol. The van der Waals surface area contributed by atoms with Gasteiger partial charge in [-0.15, -0.1) is 0 Å². The van der Waals surface area contributed by atoms with E-state index in [1.807, 2.05) is 20.8 Å². The van der Waals surface area contributed by atoms with Crippen LogP contribution in [0.5, 0.6) is 0 Å². The maximum absolute atomic E-state index is 12.1. The number of hydrogen-bond donors (Lipinski definition) is 1. The lowest BCUT2D eigenvalue weighted by molar-refractivity contribution is -0.128. The number of rotatable bonds is 3. The van der Waals surface area contributed by atoms with Crippen molar-refractivity contribution in [1.29, 1.82) is 0 Å². The Labute approximate surface area is 118 Å². The number of fused-ring (bicyclic) bond motifs is 1. The molecule has 2 fully saturated rings. The van der Waals surface area contributed by atoms with Crippen LogP contribution in [0.3, 0.4) is 0 Å². The number of amides is 2. The van der Waals surface area contributed by atoms with Gasteiger partial charge in [-0.3, -0.25) is 9.59 Å². The summed E-state index contributed by atoms with van der Waals surface area (Å²) in [6, 6.07) is 0. The Kier molecular flexibility index (Phi) is 3.52. The van der Waals surface area contributed by atoms with Gasteiger partial charge in [0, 0.05) is 13.1 Å². The molecule has 2 unspecified atom stereocenters. The second kappa shape index (κ2) is 4.75. The number of Topliss-reactive ketones (excluding diaryl/α,β-unsaturated/α-hetero) is 1. The van der Waals surface area contributed by atoms with Crippen molar-refractivity contribution in [3.05, 3.63) is 0 Å². The Morgan fingerprint density at radius 3 is 2.55 bits per heavy atom. The Balaban J connectivity index is 1.91. The molecule has 0 aromatic carbocycles. The van der Waals surface area contributed by atoms with E-state index in [0.29, 0.717) is 13.1 Å². The average molecular weight is 282 g/mol. The summed E-state index contributed by atoms with van der Waals surface area (Å²) in [6.07, 6.45) is 0.416. The first kappa shape index (κ1) is 14.8. The van der Waals surface area contributed by atoms with Crippen molar-refractivity contribution in [2.24, 2.45) is 11.3 Å². The zero-order valence-corrected chi connectivity index (χ0v) is 12.5. The lowest BCUT2D eigenvalue weighted by atomic mass is 10.1. The molecule has 6 heteroatoms. The van der Waals surface area contributed by atoms with E-state index in [1.165, 1.54) is 6.92 Å². The Hall–Kier alpha value is -1.59. The molecule has 2 amide bonds. The second-order valence-electron chi connectivity index (χ2n) is 6.80. The van der Waals surface area contributed by atoms with E-state index in [0.717, 1.165) is 6.42 Å². The van der Waals surface area contributed by atoms with Gasteiger partial charge in [-0.1, -0.05) is 0 Å². The highest BCUT2D eigenvalue weighted by molar-refractivity contribution is 5.91. The SMILES string of the molecule is CC(=O)CNC(=O)C12CC1CN(C(=O)OC(C)(C)C)C2. The van der Waals surface area contributed by atoms with Crippen LogP contribution in [0.25, 0.3) is 0 Å². The van der Waals surface area contributed by atoms with Gasteiger partial charge in [0.05, 0.1) is 12.0 Å². The highest BCUT2D eigenvalue weighted by Gasteiger charge is 2.65. The molecule has 1 saturated heterocycles. The summed E-state index contributed by atoms with van der Waals surface area (Å²) in [6.45, 7) is 7.88. The zero-order valence-electron chi connectivity index (χ0n) is 12.5. The van der Waals surface area contributed by atoms with Gasteiger partial charge in [0.15, 0.2) is 0 Å². The van der Waals surface area contributed by atoms with E-state index < -0.39 is 11.0 Å². The molecule has 1 N–H and O–H groups in total. The number of carbonyl (C=O) groups is 3. The topological polar surface area (TPSA) is 75.7 Å². The molecular formula is C14H22N2O4. The molecule has 0 radical (unpaired) electrons. The van der Waals surface area contributed by atoms with Gasteiger partial charge in [0.25, 0.3) is 0 Å². The van der Waals surface area contributed by atoms with Crippen LogP contribution >= 0.6 is 0 Å². The van der Waals surface area contributed by atoms with Crippen LogP contribution in [0.4, 0.5) is 4.79 Å². The molecule has 2 atom stereocenters. The van der Waals surface area contributed by atoms with Crippen molar-refractivity contribution in [3.63, 3.8) is 0 Å². The van der Waals surface area contributed by atoms with Gasteiger partial charge < -0.3 is 15.0 Å². The van der Waals surface area contributed by atoms with Crippen LogP contribution in [-0.2, 0) is 14.3 Å². The number of ketones is 1. The Morgan fingerprint density at radius 1 is 1.35 bits per heavy atom. The van der Waals surface area contributed by atoms with Crippen molar-refractivity contribution in [3.8, 4) is 0 Å². The minimum absolute atomic E-state index is 0.0553. The molecule has 1 saturated carbocycles. The predicted molar refractivity (Wildman–Crippen MR) is 72.0 cm³/mol. The van der Waals surface area contributed by atoms with Crippen molar-refractivity contribution >= 4 is 17.8 Å². The van der Waals surface area contributed by atoms with Gasteiger partial charge in [0.2, 0.25) is 5.91 Å². The maximum Gasteiger partial charge on any atom is 0.410 e. The van der Waals surface area contributed by atoms with E-state index >= 15 is 0 Å². The van der Waals surface area contributed by atoms with Gasteiger partial charge in [-0.25, -0.2) is 4.79 Å². The Bertz CT molecular complexity index is 455. The first-order valence-corrected chi connectivity index (χ1v) is 6.90. The number of likely N-dealkylation sites (tertiary alicyclic amines) is 1. The molecule has 0 spiro atoms. The number of piperidine rings is 1. The van der Waals surface area contributed by atoms with Gasteiger partial charge in [-0.05, 0) is 40.0 Å². The molecule has 0 bridgehead atoms. The summed E-state index contributed by atoms with van der Waals surface area (Å²) in [5, 5.41) is 2.65. The lowest BCUT2D eigenvalue weighted by Gasteiger charge is -2.26. The summed E-state index contributed by atoms with van der Waals surface area (Å²) in [5.74, 6) is -0.000296. The normalized spacial score (nSPS) is 27.8. The molecule has 1 aliphatic heterocycles. The van der Waals surface area contributed by atoms with E-state index in [-0.39, 0.29) is 30.2 Å². The predicted octanol–water partition coefficient (Wildman–Crippen LogP) is 0.949. The fourth-order valence-corrected chi connectivity index (χ4v) is 2.68. The highest BCUT2D eigenvalue weighted by Crippen LogP contribution is 2.58. The third kappa shape index (κ3) is 2.94. The third-order valence-electron chi connectivity index (χ3n) is 3.75.